The number of aryl methyl sites for hydroxylation is 1. The van der Waals surface area contributed by atoms with Crippen LogP contribution in [0.5, 0.6) is 0 Å². The lowest BCUT2D eigenvalue weighted by molar-refractivity contribution is 0.0768. The molecule has 1 aliphatic rings. The third-order valence-corrected chi connectivity index (χ3v) is 3.25. The van der Waals surface area contributed by atoms with E-state index in [-0.39, 0.29) is 6.04 Å². The van der Waals surface area contributed by atoms with Crippen LogP contribution in [-0.4, -0.2) is 24.7 Å². The van der Waals surface area contributed by atoms with Crippen molar-refractivity contribution in [3.05, 3.63) is 15.6 Å². The number of nitrogens with zero attached hydrogens (tertiary/aromatic N) is 1. The highest BCUT2D eigenvalue weighted by molar-refractivity contribution is 7.11. The van der Waals surface area contributed by atoms with Gasteiger partial charge in [-0.15, -0.1) is 17.8 Å². The molecule has 1 aromatic heterocycles. The van der Waals surface area contributed by atoms with E-state index >= 15 is 0 Å². The fraction of sp³-hybridized carbons (Fsp3) is 0.500. The van der Waals surface area contributed by atoms with Crippen molar-refractivity contribution in [1.29, 1.82) is 0 Å². The molecule has 0 bridgehead atoms. The maximum Gasteiger partial charge on any atom is 0.127 e. The van der Waals surface area contributed by atoms with Gasteiger partial charge in [0, 0.05) is 11.4 Å². The number of ether oxygens (including phenoxy) is 1. The second-order valence-electron chi connectivity index (χ2n) is 3.18. The fourth-order valence-corrected chi connectivity index (χ4v) is 2.37. The lowest BCUT2D eigenvalue weighted by Gasteiger charge is -2.21. The third-order valence-electron chi connectivity index (χ3n) is 2.17. The van der Waals surface area contributed by atoms with E-state index in [1.54, 1.807) is 11.3 Å². The Labute approximate surface area is 87.5 Å². The monoisotopic (exact) mass is 208 g/mol. The van der Waals surface area contributed by atoms with Gasteiger partial charge in [0.2, 0.25) is 0 Å². The summed E-state index contributed by atoms with van der Waals surface area (Å²) in [7, 11) is 0. The van der Waals surface area contributed by atoms with Crippen LogP contribution < -0.4 is 5.32 Å². The van der Waals surface area contributed by atoms with Gasteiger partial charge >= 0.3 is 0 Å². The minimum Gasteiger partial charge on any atom is -0.378 e. The SMILES string of the molecule is C#Cc1nc(C2COCCN2)sc1C. The molecular weight excluding hydrogens is 196 g/mol. The number of rotatable bonds is 1. The van der Waals surface area contributed by atoms with Crippen LogP contribution in [0.3, 0.4) is 0 Å². The molecule has 0 aromatic carbocycles. The van der Waals surface area contributed by atoms with Crippen LogP contribution in [-0.2, 0) is 4.74 Å². The predicted molar refractivity (Wildman–Crippen MR) is 56.3 cm³/mol. The average Bonchev–Trinajstić information content (AvgIpc) is 2.61. The van der Waals surface area contributed by atoms with Crippen molar-refractivity contribution in [3.63, 3.8) is 0 Å². The van der Waals surface area contributed by atoms with Crippen molar-refractivity contribution in [3.8, 4) is 12.3 Å². The number of terminal acetylenes is 1. The molecule has 0 radical (unpaired) electrons. The number of hydrogen-bond donors (Lipinski definition) is 1. The molecule has 1 unspecified atom stereocenters. The molecule has 1 aliphatic heterocycles. The minimum absolute atomic E-state index is 0.217. The Hall–Kier alpha value is -0.890. The van der Waals surface area contributed by atoms with Crippen LogP contribution >= 0.6 is 11.3 Å². The van der Waals surface area contributed by atoms with Crippen molar-refractivity contribution >= 4 is 11.3 Å². The molecule has 1 N–H and O–H groups in total. The summed E-state index contributed by atoms with van der Waals surface area (Å²) >= 11 is 1.65. The third kappa shape index (κ3) is 1.80. The van der Waals surface area contributed by atoms with Crippen molar-refractivity contribution in [2.75, 3.05) is 19.8 Å². The summed E-state index contributed by atoms with van der Waals surface area (Å²) in [5.41, 5.74) is 0.761. The van der Waals surface area contributed by atoms with Gasteiger partial charge < -0.3 is 10.1 Å². The van der Waals surface area contributed by atoms with Gasteiger partial charge in [0.15, 0.2) is 0 Å². The molecule has 2 heterocycles. The molecule has 0 spiro atoms. The number of morpholine rings is 1. The highest BCUT2D eigenvalue weighted by Gasteiger charge is 2.19. The van der Waals surface area contributed by atoms with Crippen LogP contribution in [0.1, 0.15) is 21.6 Å². The second kappa shape index (κ2) is 4.09. The zero-order chi connectivity index (χ0) is 9.97. The van der Waals surface area contributed by atoms with Crippen LogP contribution in [0.15, 0.2) is 0 Å². The van der Waals surface area contributed by atoms with Crippen molar-refractivity contribution in [2.24, 2.45) is 0 Å². The van der Waals surface area contributed by atoms with Crippen LogP contribution in [0, 0.1) is 19.3 Å². The van der Waals surface area contributed by atoms with E-state index in [2.05, 4.69) is 16.2 Å². The largest absolute Gasteiger partial charge is 0.378 e. The van der Waals surface area contributed by atoms with Gasteiger partial charge in [0.05, 0.1) is 19.3 Å². The smallest absolute Gasteiger partial charge is 0.127 e. The van der Waals surface area contributed by atoms with Gasteiger partial charge in [-0.3, -0.25) is 0 Å². The van der Waals surface area contributed by atoms with E-state index < -0.39 is 0 Å². The molecule has 1 aromatic rings. The quantitative estimate of drug-likeness (QED) is 0.702. The van der Waals surface area contributed by atoms with Gasteiger partial charge in [-0.2, -0.15) is 0 Å². The van der Waals surface area contributed by atoms with Crippen LogP contribution in [0.25, 0.3) is 0 Å². The Balaban J connectivity index is 2.19. The Morgan fingerprint density at radius 3 is 3.14 bits per heavy atom. The standard InChI is InChI=1S/C10H12N2OS/c1-3-8-7(2)14-10(12-8)9-6-13-5-4-11-9/h1,9,11H,4-6H2,2H3. The maximum absolute atomic E-state index is 5.37. The van der Waals surface area contributed by atoms with E-state index in [0.717, 1.165) is 28.7 Å². The second-order valence-corrected chi connectivity index (χ2v) is 4.42. The highest BCUT2D eigenvalue weighted by atomic mass is 32.1. The Morgan fingerprint density at radius 1 is 1.71 bits per heavy atom. The van der Waals surface area contributed by atoms with Crippen LogP contribution in [0.2, 0.25) is 0 Å². The Morgan fingerprint density at radius 2 is 2.57 bits per heavy atom. The summed E-state index contributed by atoms with van der Waals surface area (Å²) in [5, 5.41) is 4.39. The first-order valence-electron chi connectivity index (χ1n) is 4.56. The lowest BCUT2D eigenvalue weighted by atomic mass is 10.3. The molecule has 4 heteroatoms. The molecule has 1 fully saturated rings. The molecular formula is C10H12N2OS. The number of thiazole rings is 1. The van der Waals surface area contributed by atoms with Gasteiger partial charge in [0.25, 0.3) is 0 Å². The molecule has 14 heavy (non-hydrogen) atoms. The number of nitrogens with one attached hydrogen (secondary N) is 1. The van der Waals surface area contributed by atoms with Gasteiger partial charge in [-0.1, -0.05) is 0 Å². The Kier molecular flexibility index (Phi) is 2.82. The topological polar surface area (TPSA) is 34.1 Å². The molecule has 1 atom stereocenters. The van der Waals surface area contributed by atoms with Gasteiger partial charge in [0.1, 0.15) is 10.7 Å². The van der Waals surface area contributed by atoms with Gasteiger partial charge in [-0.05, 0) is 12.8 Å². The number of aromatic nitrogens is 1. The summed E-state index contributed by atoms with van der Waals surface area (Å²) in [6.07, 6.45) is 5.34. The first-order chi connectivity index (χ1) is 6.81. The lowest BCUT2D eigenvalue weighted by Crippen LogP contribution is -2.34. The van der Waals surface area contributed by atoms with E-state index in [9.17, 15) is 0 Å². The summed E-state index contributed by atoms with van der Waals surface area (Å²) < 4.78 is 5.37. The first-order valence-corrected chi connectivity index (χ1v) is 5.38. The zero-order valence-corrected chi connectivity index (χ0v) is 8.86. The summed E-state index contributed by atoms with van der Waals surface area (Å²) in [6, 6.07) is 0.217. The molecule has 0 aliphatic carbocycles. The number of hydrogen-bond acceptors (Lipinski definition) is 4. The van der Waals surface area contributed by atoms with Crippen molar-refractivity contribution in [1.82, 2.24) is 10.3 Å². The predicted octanol–water partition coefficient (Wildman–Crippen LogP) is 1.09. The molecule has 2 rings (SSSR count). The molecule has 0 amide bonds. The summed E-state index contributed by atoms with van der Waals surface area (Å²) in [5.74, 6) is 2.59. The molecule has 0 saturated carbocycles. The summed E-state index contributed by atoms with van der Waals surface area (Å²) in [4.78, 5) is 5.50. The van der Waals surface area contributed by atoms with Gasteiger partial charge in [-0.25, -0.2) is 4.98 Å². The average molecular weight is 208 g/mol. The van der Waals surface area contributed by atoms with E-state index in [1.165, 1.54) is 0 Å². The maximum atomic E-state index is 5.37. The van der Waals surface area contributed by atoms with E-state index in [1.807, 2.05) is 6.92 Å². The molecule has 1 saturated heterocycles. The van der Waals surface area contributed by atoms with E-state index in [4.69, 9.17) is 11.2 Å². The van der Waals surface area contributed by atoms with Crippen LogP contribution in [0.4, 0.5) is 0 Å². The Bertz CT molecular complexity index is 361. The van der Waals surface area contributed by atoms with Crippen molar-refractivity contribution in [2.45, 2.75) is 13.0 Å². The highest BCUT2D eigenvalue weighted by Crippen LogP contribution is 2.23. The normalized spacial score (nSPS) is 21.9. The minimum atomic E-state index is 0.217. The zero-order valence-electron chi connectivity index (χ0n) is 8.04. The van der Waals surface area contributed by atoms with E-state index in [0.29, 0.717) is 6.61 Å². The first kappa shape index (κ1) is 9.66. The molecule has 74 valence electrons. The summed E-state index contributed by atoms with van der Waals surface area (Å²) in [6.45, 7) is 4.36. The molecule has 3 nitrogen and oxygen atoms in total. The fourth-order valence-electron chi connectivity index (χ4n) is 1.42. The van der Waals surface area contributed by atoms with Crippen molar-refractivity contribution < 1.29 is 4.74 Å².